The molecule has 0 aliphatic heterocycles. The molecule has 122 valence electrons. The number of nitrogens with zero attached hydrogens (tertiary/aromatic N) is 1. The zero-order valence-electron chi connectivity index (χ0n) is 12.9. The molecule has 0 aliphatic rings. The first-order valence-electron chi connectivity index (χ1n) is 6.62. The van der Waals surface area contributed by atoms with Crippen molar-refractivity contribution in [3.05, 3.63) is 57.8 Å². The van der Waals surface area contributed by atoms with Crippen LogP contribution in [0, 0.1) is 6.92 Å². The summed E-state index contributed by atoms with van der Waals surface area (Å²) in [5, 5.41) is 5.43. The molecule has 0 spiro atoms. The predicted molar refractivity (Wildman–Crippen MR) is 94.7 cm³/mol. The quantitative estimate of drug-likeness (QED) is 0.820. The minimum atomic E-state index is -0.0000926. The molecule has 3 N–H and O–H groups in total. The van der Waals surface area contributed by atoms with Crippen molar-refractivity contribution in [2.75, 3.05) is 14.1 Å². The van der Waals surface area contributed by atoms with Gasteiger partial charge in [-0.15, -0.1) is 23.7 Å². The van der Waals surface area contributed by atoms with E-state index in [0.29, 0.717) is 0 Å². The minimum Gasteiger partial charge on any atom is -0.412 e. The maximum absolute atomic E-state index is 11.3. The molecule has 6 heteroatoms. The normalized spacial score (nSPS) is 12.5. The Balaban J connectivity index is 0.00000220. The number of amides is 1. The minimum absolute atomic E-state index is 0. The van der Waals surface area contributed by atoms with E-state index >= 15 is 0 Å². The van der Waals surface area contributed by atoms with Crippen LogP contribution in [0.4, 0.5) is 0 Å². The molecule has 4 nitrogen and oxygen atoms in total. The fourth-order valence-corrected chi connectivity index (χ4v) is 3.61. The number of halogens is 1. The molecule has 1 heterocycles. The lowest BCUT2D eigenvalue weighted by atomic mass is 9.96. The van der Waals surface area contributed by atoms with Crippen LogP contribution in [0.15, 0.2) is 41.8 Å². The molecule has 2 unspecified atom stereocenters. The molecule has 1 aromatic carbocycles. The second-order valence-electron chi connectivity index (χ2n) is 4.86. The number of likely N-dealkylation sites (N-methyl/N-ethyl adjacent to an activating group) is 2. The smallest absolute Gasteiger partial charge is 0.210 e. The summed E-state index contributed by atoms with van der Waals surface area (Å²) in [6.07, 6.45) is 0.900. The first kappa shape index (κ1) is 20.6. The Morgan fingerprint density at radius 3 is 2.32 bits per heavy atom. The Labute approximate surface area is 141 Å². The van der Waals surface area contributed by atoms with Gasteiger partial charge >= 0.3 is 0 Å². The van der Waals surface area contributed by atoms with Crippen LogP contribution in [0.2, 0.25) is 0 Å². The lowest BCUT2D eigenvalue weighted by Crippen LogP contribution is -2.34. The third-order valence-electron chi connectivity index (χ3n) is 3.56. The highest BCUT2D eigenvalue weighted by Gasteiger charge is 2.28. The van der Waals surface area contributed by atoms with Gasteiger partial charge in [0.1, 0.15) is 0 Å². The van der Waals surface area contributed by atoms with Gasteiger partial charge in [0.15, 0.2) is 0 Å². The molecule has 22 heavy (non-hydrogen) atoms. The Morgan fingerprint density at radius 1 is 1.23 bits per heavy atom. The van der Waals surface area contributed by atoms with Gasteiger partial charge in [-0.2, -0.15) is 0 Å². The van der Waals surface area contributed by atoms with Crippen LogP contribution < -0.4 is 5.32 Å². The molecule has 2 rings (SSSR count). The number of carbonyl (C=O) groups is 1. The maximum atomic E-state index is 11.3. The van der Waals surface area contributed by atoms with Crippen molar-refractivity contribution in [2.24, 2.45) is 0 Å². The fourth-order valence-electron chi connectivity index (χ4n) is 2.49. The molecule has 1 aromatic heterocycles. The Kier molecular flexibility index (Phi) is 8.97. The van der Waals surface area contributed by atoms with Crippen molar-refractivity contribution in [2.45, 2.75) is 19.0 Å². The van der Waals surface area contributed by atoms with Crippen LogP contribution >= 0.6 is 23.7 Å². The molecule has 0 aliphatic carbocycles. The lowest BCUT2D eigenvalue weighted by Gasteiger charge is -2.32. The maximum Gasteiger partial charge on any atom is 0.210 e. The Morgan fingerprint density at radius 2 is 1.86 bits per heavy atom. The van der Waals surface area contributed by atoms with Crippen molar-refractivity contribution >= 4 is 30.2 Å². The topological polar surface area (TPSA) is 63.8 Å². The zero-order valence-corrected chi connectivity index (χ0v) is 14.6. The van der Waals surface area contributed by atoms with Crippen molar-refractivity contribution < 1.29 is 10.3 Å². The number of nitrogens with one attached hydrogen (secondary N) is 1. The number of hydrogen-bond acceptors (Lipinski definition) is 3. The van der Waals surface area contributed by atoms with Gasteiger partial charge in [0, 0.05) is 11.9 Å². The SMILES string of the molecule is CNC(c1ccccc1)C(c1sccc1C)N(C)C=O.Cl.O. The summed E-state index contributed by atoms with van der Waals surface area (Å²) >= 11 is 1.70. The molecule has 1 amide bonds. The molecule has 2 atom stereocenters. The highest BCUT2D eigenvalue weighted by molar-refractivity contribution is 7.10. The highest BCUT2D eigenvalue weighted by atomic mass is 35.5. The summed E-state index contributed by atoms with van der Waals surface area (Å²) < 4.78 is 0. The summed E-state index contributed by atoms with van der Waals surface area (Å²) in [6, 6.07) is 12.4. The van der Waals surface area contributed by atoms with Crippen LogP contribution in [0.3, 0.4) is 0 Å². The van der Waals surface area contributed by atoms with E-state index in [0.717, 1.165) is 6.41 Å². The van der Waals surface area contributed by atoms with E-state index in [2.05, 4.69) is 35.8 Å². The average Bonchev–Trinajstić information content (AvgIpc) is 2.90. The second-order valence-corrected chi connectivity index (χ2v) is 5.81. The van der Waals surface area contributed by atoms with Crippen molar-refractivity contribution in [1.82, 2.24) is 10.2 Å². The van der Waals surface area contributed by atoms with Gasteiger partial charge in [-0.05, 0) is 36.5 Å². The van der Waals surface area contributed by atoms with E-state index in [-0.39, 0.29) is 30.0 Å². The first-order chi connectivity index (χ1) is 9.69. The number of thiophene rings is 1. The van der Waals surface area contributed by atoms with Crippen LogP contribution in [0.1, 0.15) is 28.1 Å². The summed E-state index contributed by atoms with van der Waals surface area (Å²) in [5.41, 5.74) is 2.41. The predicted octanol–water partition coefficient (Wildman–Crippen LogP) is 2.74. The van der Waals surface area contributed by atoms with Gasteiger partial charge in [-0.1, -0.05) is 30.3 Å². The van der Waals surface area contributed by atoms with E-state index in [1.165, 1.54) is 16.0 Å². The number of rotatable bonds is 6. The van der Waals surface area contributed by atoms with E-state index in [9.17, 15) is 4.79 Å². The van der Waals surface area contributed by atoms with Crippen molar-refractivity contribution in [3.8, 4) is 0 Å². The third-order valence-corrected chi connectivity index (χ3v) is 4.65. The van der Waals surface area contributed by atoms with Crippen LogP contribution in [0.25, 0.3) is 0 Å². The molecule has 0 radical (unpaired) electrons. The monoisotopic (exact) mass is 342 g/mol. The Bertz CT molecular complexity index is 562. The van der Waals surface area contributed by atoms with Gasteiger partial charge in [-0.25, -0.2) is 0 Å². The zero-order chi connectivity index (χ0) is 14.5. The fraction of sp³-hybridized carbons (Fsp3) is 0.312. The number of benzene rings is 1. The van der Waals surface area contributed by atoms with E-state index in [4.69, 9.17) is 0 Å². The van der Waals surface area contributed by atoms with Crippen LogP contribution in [-0.2, 0) is 4.79 Å². The number of aryl methyl sites for hydroxylation is 1. The molecule has 0 fully saturated rings. The highest BCUT2D eigenvalue weighted by Crippen LogP contribution is 2.37. The molecular formula is C16H23ClN2O2S. The van der Waals surface area contributed by atoms with Gasteiger partial charge in [0.25, 0.3) is 0 Å². The molecule has 0 bridgehead atoms. The number of hydrogen-bond donors (Lipinski definition) is 1. The third kappa shape index (κ3) is 4.30. The van der Waals surface area contributed by atoms with E-state index in [1.807, 2.05) is 32.3 Å². The Hall–Kier alpha value is -1.40. The van der Waals surface area contributed by atoms with E-state index < -0.39 is 0 Å². The summed E-state index contributed by atoms with van der Waals surface area (Å²) in [5.74, 6) is 0. The van der Waals surface area contributed by atoms with Crippen molar-refractivity contribution in [1.29, 1.82) is 0 Å². The molecule has 0 saturated carbocycles. The van der Waals surface area contributed by atoms with Crippen LogP contribution in [-0.4, -0.2) is 30.9 Å². The molecule has 0 saturated heterocycles. The van der Waals surface area contributed by atoms with E-state index in [1.54, 1.807) is 16.2 Å². The second kappa shape index (κ2) is 9.58. The summed E-state index contributed by atoms with van der Waals surface area (Å²) in [7, 11) is 3.77. The first-order valence-corrected chi connectivity index (χ1v) is 7.50. The van der Waals surface area contributed by atoms with Crippen LogP contribution in [0.5, 0.6) is 0 Å². The average molecular weight is 343 g/mol. The number of carbonyl (C=O) groups excluding carboxylic acids is 1. The standard InChI is InChI=1S/C16H20N2OS.ClH.H2O/c1-12-9-10-20-16(12)15(18(3)11-19)14(17-2)13-7-5-4-6-8-13;;/h4-11,14-15,17H,1-3H3;1H;1H2. The molecular weight excluding hydrogens is 320 g/mol. The van der Waals surface area contributed by atoms with Gasteiger partial charge in [0.05, 0.1) is 12.1 Å². The van der Waals surface area contributed by atoms with Gasteiger partial charge < -0.3 is 15.7 Å². The summed E-state index contributed by atoms with van der Waals surface area (Å²) in [4.78, 5) is 14.3. The van der Waals surface area contributed by atoms with Gasteiger partial charge in [0.2, 0.25) is 6.41 Å². The largest absolute Gasteiger partial charge is 0.412 e. The molecule has 2 aromatic rings. The van der Waals surface area contributed by atoms with Crippen molar-refractivity contribution in [3.63, 3.8) is 0 Å². The summed E-state index contributed by atoms with van der Waals surface area (Å²) in [6.45, 7) is 2.09. The van der Waals surface area contributed by atoms with Gasteiger partial charge in [-0.3, -0.25) is 4.79 Å². The lowest BCUT2D eigenvalue weighted by molar-refractivity contribution is -0.119.